The van der Waals surface area contributed by atoms with Gasteiger partial charge in [0.15, 0.2) is 0 Å². The Hall–Kier alpha value is -3.77. The van der Waals surface area contributed by atoms with E-state index in [9.17, 15) is 23.6 Å². The van der Waals surface area contributed by atoms with Crippen molar-refractivity contribution in [1.29, 1.82) is 5.26 Å². The van der Waals surface area contributed by atoms with Crippen LogP contribution in [-0.2, 0) is 22.7 Å². The maximum atomic E-state index is 14.6. The van der Waals surface area contributed by atoms with Gasteiger partial charge < -0.3 is 10.2 Å². The monoisotopic (exact) mass is 454 g/mol. The van der Waals surface area contributed by atoms with E-state index in [0.29, 0.717) is 5.56 Å². The molecule has 2 aromatic rings. The van der Waals surface area contributed by atoms with Crippen molar-refractivity contribution in [1.82, 2.24) is 15.5 Å². The molecule has 2 N–H and O–H groups in total. The molecule has 0 aromatic heterocycles. The molecule has 2 aromatic carbocycles. The molecule has 4 rings (SSSR count). The third-order valence-corrected chi connectivity index (χ3v) is 5.81. The van der Waals surface area contributed by atoms with E-state index in [1.165, 1.54) is 29.2 Å². The molecule has 2 aliphatic rings. The molecule has 2 heterocycles. The van der Waals surface area contributed by atoms with E-state index in [1.54, 1.807) is 0 Å². The molecular weight excluding hydrogens is 439 g/mol. The van der Waals surface area contributed by atoms with Gasteiger partial charge >= 0.3 is 0 Å². The standard InChI is InChI=1S/C22H16ClFN4O4/c23-16-2-1-11(5-12(16)8-25)20(30)26-9-13-6-14-10-28(22(32)15(14)7-17(13)24)18-3-4-19(29)27-21(18)31/h1-2,5-7,18H,3-4,9-10H2,(H,26,30)(H,27,29,31). The molecule has 2 aliphatic heterocycles. The lowest BCUT2D eigenvalue weighted by molar-refractivity contribution is -0.136. The van der Waals surface area contributed by atoms with E-state index in [1.807, 2.05) is 6.07 Å². The zero-order valence-electron chi connectivity index (χ0n) is 16.6. The number of carbonyl (C=O) groups excluding carboxylic acids is 4. The Kier molecular flexibility index (Phi) is 5.63. The van der Waals surface area contributed by atoms with E-state index in [4.69, 9.17) is 16.9 Å². The highest BCUT2D eigenvalue weighted by Crippen LogP contribution is 2.29. The number of carbonyl (C=O) groups is 4. The van der Waals surface area contributed by atoms with Gasteiger partial charge in [-0.05, 0) is 42.3 Å². The Morgan fingerprint density at radius 2 is 2.06 bits per heavy atom. The number of halogens is 2. The van der Waals surface area contributed by atoms with E-state index < -0.39 is 29.6 Å². The Balaban J connectivity index is 1.49. The van der Waals surface area contributed by atoms with Crippen LogP contribution in [0.5, 0.6) is 0 Å². The Labute approximate surface area is 186 Å². The summed E-state index contributed by atoms with van der Waals surface area (Å²) in [5, 5.41) is 14.1. The normalized spacial score (nSPS) is 17.6. The predicted octanol–water partition coefficient (Wildman–Crippen LogP) is 2.04. The zero-order chi connectivity index (χ0) is 23.0. The van der Waals surface area contributed by atoms with Crippen LogP contribution in [0.15, 0.2) is 30.3 Å². The van der Waals surface area contributed by atoms with Crippen LogP contribution in [0, 0.1) is 17.1 Å². The molecule has 0 radical (unpaired) electrons. The molecule has 10 heteroatoms. The summed E-state index contributed by atoms with van der Waals surface area (Å²) in [6.45, 7) is -0.0422. The van der Waals surface area contributed by atoms with E-state index in [2.05, 4.69) is 10.6 Å². The zero-order valence-corrected chi connectivity index (χ0v) is 17.3. The fourth-order valence-corrected chi connectivity index (χ4v) is 3.97. The van der Waals surface area contributed by atoms with Crippen LogP contribution in [0.2, 0.25) is 5.02 Å². The largest absolute Gasteiger partial charge is 0.348 e. The van der Waals surface area contributed by atoms with Crippen LogP contribution < -0.4 is 10.6 Å². The molecule has 0 spiro atoms. The fraction of sp³-hybridized carbons (Fsp3) is 0.227. The van der Waals surface area contributed by atoms with E-state index >= 15 is 0 Å². The van der Waals surface area contributed by atoms with Crippen LogP contribution in [0.25, 0.3) is 0 Å². The molecule has 1 saturated heterocycles. The SMILES string of the molecule is N#Cc1cc(C(=O)NCc2cc3c(cc2F)C(=O)N(C2CCC(=O)NC2=O)C3)ccc1Cl. The quantitative estimate of drug-likeness (QED) is 0.685. The number of rotatable bonds is 4. The maximum absolute atomic E-state index is 14.6. The second-order valence-electron chi connectivity index (χ2n) is 7.49. The molecule has 0 saturated carbocycles. The lowest BCUT2D eigenvalue weighted by Gasteiger charge is -2.29. The number of amides is 4. The second kappa shape index (κ2) is 8.40. The maximum Gasteiger partial charge on any atom is 0.255 e. The van der Waals surface area contributed by atoms with Gasteiger partial charge in [-0.2, -0.15) is 5.26 Å². The highest BCUT2D eigenvalue weighted by atomic mass is 35.5. The number of nitriles is 1. The van der Waals surface area contributed by atoms with Crippen molar-refractivity contribution in [3.8, 4) is 6.07 Å². The number of benzene rings is 2. The third-order valence-electron chi connectivity index (χ3n) is 5.48. The minimum atomic E-state index is -0.793. The molecule has 1 atom stereocenters. The van der Waals surface area contributed by atoms with Crippen molar-refractivity contribution in [2.45, 2.75) is 32.0 Å². The lowest BCUT2D eigenvalue weighted by Crippen LogP contribution is -2.52. The van der Waals surface area contributed by atoms with Crippen LogP contribution in [0.4, 0.5) is 4.39 Å². The minimum absolute atomic E-state index is 0.102. The average molecular weight is 455 g/mol. The van der Waals surface area contributed by atoms with Crippen molar-refractivity contribution in [2.75, 3.05) is 0 Å². The van der Waals surface area contributed by atoms with Gasteiger partial charge in [-0.25, -0.2) is 4.39 Å². The molecular formula is C22H16ClFN4O4. The summed E-state index contributed by atoms with van der Waals surface area (Å²) in [5.41, 5.74) is 1.20. The summed E-state index contributed by atoms with van der Waals surface area (Å²) < 4.78 is 14.6. The van der Waals surface area contributed by atoms with Gasteiger partial charge in [0, 0.05) is 36.2 Å². The van der Waals surface area contributed by atoms with Gasteiger partial charge in [-0.15, -0.1) is 0 Å². The number of nitrogens with zero attached hydrogens (tertiary/aromatic N) is 2. The molecule has 162 valence electrons. The van der Waals surface area contributed by atoms with Crippen LogP contribution in [0.1, 0.15) is 50.2 Å². The van der Waals surface area contributed by atoms with Gasteiger partial charge in [0.05, 0.1) is 10.6 Å². The van der Waals surface area contributed by atoms with Gasteiger partial charge in [-0.3, -0.25) is 24.5 Å². The van der Waals surface area contributed by atoms with E-state index in [-0.39, 0.29) is 59.1 Å². The Morgan fingerprint density at radius 1 is 1.28 bits per heavy atom. The second-order valence-corrected chi connectivity index (χ2v) is 7.90. The third kappa shape index (κ3) is 3.92. The minimum Gasteiger partial charge on any atom is -0.348 e. The summed E-state index contributed by atoms with van der Waals surface area (Å²) in [5.74, 6) is -2.60. The van der Waals surface area contributed by atoms with Crippen LogP contribution in [0.3, 0.4) is 0 Å². The van der Waals surface area contributed by atoms with Gasteiger partial charge in [-0.1, -0.05) is 11.6 Å². The first-order valence-electron chi connectivity index (χ1n) is 9.72. The molecule has 0 aliphatic carbocycles. The smallest absolute Gasteiger partial charge is 0.255 e. The van der Waals surface area contributed by atoms with Crippen molar-refractivity contribution in [3.05, 3.63) is 69.0 Å². The summed E-state index contributed by atoms with van der Waals surface area (Å²) in [6.07, 6.45) is 0.335. The predicted molar refractivity (Wildman–Crippen MR) is 110 cm³/mol. The summed E-state index contributed by atoms with van der Waals surface area (Å²) in [4.78, 5) is 49.9. The highest BCUT2D eigenvalue weighted by molar-refractivity contribution is 6.31. The van der Waals surface area contributed by atoms with Crippen LogP contribution >= 0.6 is 11.6 Å². The van der Waals surface area contributed by atoms with E-state index in [0.717, 1.165) is 6.07 Å². The number of piperidine rings is 1. The number of nitrogens with one attached hydrogen (secondary N) is 2. The topological polar surface area (TPSA) is 119 Å². The molecule has 32 heavy (non-hydrogen) atoms. The van der Waals surface area contributed by atoms with Gasteiger partial charge in [0.1, 0.15) is 17.9 Å². The van der Waals surface area contributed by atoms with Crippen molar-refractivity contribution < 1.29 is 23.6 Å². The number of hydrogen-bond donors (Lipinski definition) is 2. The molecule has 1 unspecified atom stereocenters. The molecule has 8 nitrogen and oxygen atoms in total. The van der Waals surface area contributed by atoms with Crippen molar-refractivity contribution in [2.24, 2.45) is 0 Å². The molecule has 4 amide bonds. The summed E-state index contributed by atoms with van der Waals surface area (Å²) >= 11 is 5.87. The summed E-state index contributed by atoms with van der Waals surface area (Å²) in [7, 11) is 0. The van der Waals surface area contributed by atoms with Crippen molar-refractivity contribution >= 4 is 35.2 Å². The van der Waals surface area contributed by atoms with Crippen LogP contribution in [-0.4, -0.2) is 34.6 Å². The lowest BCUT2D eigenvalue weighted by atomic mass is 10.0. The van der Waals surface area contributed by atoms with Crippen molar-refractivity contribution in [3.63, 3.8) is 0 Å². The average Bonchev–Trinajstić information content (AvgIpc) is 3.07. The summed E-state index contributed by atoms with van der Waals surface area (Å²) in [6, 6.07) is 7.90. The molecule has 1 fully saturated rings. The molecule has 0 bridgehead atoms. The fourth-order valence-electron chi connectivity index (χ4n) is 3.81. The van der Waals surface area contributed by atoms with Gasteiger partial charge in [0.2, 0.25) is 11.8 Å². The Morgan fingerprint density at radius 3 is 2.78 bits per heavy atom. The number of imide groups is 1. The number of hydrogen-bond acceptors (Lipinski definition) is 5. The Bertz CT molecular complexity index is 1220. The highest BCUT2D eigenvalue weighted by Gasteiger charge is 2.39. The first-order valence-corrected chi connectivity index (χ1v) is 10.1. The number of fused-ring (bicyclic) bond motifs is 1. The van der Waals surface area contributed by atoms with Gasteiger partial charge in [0.25, 0.3) is 11.8 Å². The first-order chi connectivity index (χ1) is 15.3. The first kappa shape index (κ1) is 21.5.